The normalized spacial score (nSPS) is 16.6. The lowest BCUT2D eigenvalue weighted by Gasteiger charge is -2.26. The molecule has 2 amide bonds. The van der Waals surface area contributed by atoms with Gasteiger partial charge in [-0.25, -0.2) is 4.79 Å². The molecule has 2 aromatic carbocycles. The number of urea groups is 1. The topological polar surface area (TPSA) is 50.8 Å². The average molecular weight is 358 g/mol. The molecule has 0 saturated carbocycles. The number of rotatable bonds is 5. The zero-order valence-electron chi connectivity index (χ0n) is 14.4. The highest BCUT2D eigenvalue weighted by Crippen LogP contribution is 2.43. The molecule has 1 aliphatic rings. The molecule has 1 aliphatic heterocycles. The number of thioether (sulfide) groups is 1. The number of ether oxygens (including phenoxy) is 2. The summed E-state index contributed by atoms with van der Waals surface area (Å²) in [5, 5.41) is 2.93. The average Bonchev–Trinajstić information content (AvgIpc) is 3.16. The summed E-state index contributed by atoms with van der Waals surface area (Å²) >= 11 is 1.73. The standard InChI is InChI=1S/C19H22N2O3S/c1-23-15-8-9-17(24-2)16(12-15)18-21(10-11-25-18)19(22)20-13-14-6-4-3-5-7-14/h3-9,12,18H,10-11,13H2,1-2H3,(H,20,22)/t18-/m0/s1. The number of benzene rings is 2. The largest absolute Gasteiger partial charge is 0.497 e. The van der Waals surface area contributed by atoms with Crippen molar-refractivity contribution in [3.05, 3.63) is 59.7 Å². The second kappa shape index (κ2) is 8.16. The minimum atomic E-state index is -0.0826. The van der Waals surface area contributed by atoms with Crippen LogP contribution in [0.15, 0.2) is 48.5 Å². The first-order valence-electron chi connectivity index (χ1n) is 8.15. The molecule has 1 fully saturated rings. The smallest absolute Gasteiger partial charge is 0.318 e. The first-order valence-corrected chi connectivity index (χ1v) is 9.19. The fourth-order valence-corrected chi connectivity index (χ4v) is 4.11. The Morgan fingerprint density at radius 3 is 2.72 bits per heavy atom. The minimum Gasteiger partial charge on any atom is -0.497 e. The molecule has 0 spiro atoms. The molecule has 3 rings (SSSR count). The van der Waals surface area contributed by atoms with Gasteiger partial charge in [0, 0.05) is 24.4 Å². The van der Waals surface area contributed by atoms with Crippen LogP contribution in [0.2, 0.25) is 0 Å². The van der Waals surface area contributed by atoms with Gasteiger partial charge < -0.3 is 19.7 Å². The number of nitrogens with one attached hydrogen (secondary N) is 1. The Hall–Kier alpha value is -2.34. The molecule has 25 heavy (non-hydrogen) atoms. The Kier molecular flexibility index (Phi) is 5.71. The molecule has 0 unspecified atom stereocenters. The van der Waals surface area contributed by atoms with E-state index in [1.165, 1.54) is 0 Å². The molecule has 0 radical (unpaired) electrons. The van der Waals surface area contributed by atoms with Gasteiger partial charge in [-0.1, -0.05) is 30.3 Å². The molecule has 0 bridgehead atoms. The molecule has 0 aromatic heterocycles. The van der Waals surface area contributed by atoms with Crippen LogP contribution in [-0.4, -0.2) is 37.4 Å². The lowest BCUT2D eigenvalue weighted by molar-refractivity contribution is 0.199. The van der Waals surface area contributed by atoms with Crippen LogP contribution in [0.5, 0.6) is 11.5 Å². The molecule has 1 heterocycles. The van der Waals surface area contributed by atoms with Gasteiger partial charge in [0.15, 0.2) is 0 Å². The Balaban J connectivity index is 1.75. The third-order valence-corrected chi connectivity index (χ3v) is 5.38. The number of carbonyl (C=O) groups excluding carboxylic acids is 1. The van der Waals surface area contributed by atoms with E-state index in [2.05, 4.69) is 5.32 Å². The first kappa shape index (κ1) is 17.5. The van der Waals surface area contributed by atoms with Crippen molar-refractivity contribution >= 4 is 17.8 Å². The van der Waals surface area contributed by atoms with E-state index in [1.54, 1.807) is 26.0 Å². The molecule has 5 nitrogen and oxygen atoms in total. The Bertz CT molecular complexity index is 724. The quantitative estimate of drug-likeness (QED) is 0.886. The van der Waals surface area contributed by atoms with Crippen LogP contribution in [0.3, 0.4) is 0 Å². The molecule has 1 atom stereocenters. The van der Waals surface area contributed by atoms with Crippen LogP contribution in [-0.2, 0) is 6.54 Å². The van der Waals surface area contributed by atoms with Gasteiger partial charge >= 0.3 is 6.03 Å². The van der Waals surface area contributed by atoms with Gasteiger partial charge in [0.2, 0.25) is 0 Å². The monoisotopic (exact) mass is 358 g/mol. The summed E-state index contributed by atoms with van der Waals surface area (Å²) in [5.74, 6) is 2.41. The van der Waals surface area contributed by atoms with Crippen molar-refractivity contribution in [2.24, 2.45) is 0 Å². The fourth-order valence-electron chi connectivity index (χ4n) is 2.84. The maximum atomic E-state index is 12.7. The van der Waals surface area contributed by atoms with Crippen LogP contribution in [0, 0.1) is 0 Å². The zero-order chi connectivity index (χ0) is 17.6. The molecule has 0 aliphatic carbocycles. The Morgan fingerprint density at radius 2 is 2.00 bits per heavy atom. The van der Waals surface area contributed by atoms with Crippen LogP contribution >= 0.6 is 11.8 Å². The maximum absolute atomic E-state index is 12.7. The number of carbonyl (C=O) groups is 1. The van der Waals surface area contributed by atoms with Gasteiger partial charge in [0.05, 0.1) is 14.2 Å². The maximum Gasteiger partial charge on any atom is 0.318 e. The second-order valence-corrected chi connectivity index (χ2v) is 6.86. The van der Waals surface area contributed by atoms with Gasteiger partial charge in [-0.05, 0) is 23.8 Å². The van der Waals surface area contributed by atoms with Gasteiger partial charge in [0.1, 0.15) is 16.9 Å². The number of methoxy groups -OCH3 is 2. The van der Waals surface area contributed by atoms with Crippen molar-refractivity contribution in [3.63, 3.8) is 0 Å². The molecule has 2 aromatic rings. The minimum absolute atomic E-state index is 0.0660. The summed E-state index contributed by atoms with van der Waals surface area (Å²) in [5.41, 5.74) is 2.04. The molecular weight excluding hydrogens is 336 g/mol. The number of nitrogens with zero attached hydrogens (tertiary/aromatic N) is 1. The first-order chi connectivity index (χ1) is 12.2. The van der Waals surface area contributed by atoms with Crippen molar-refractivity contribution in [2.45, 2.75) is 11.9 Å². The third kappa shape index (κ3) is 4.02. The van der Waals surface area contributed by atoms with Crippen molar-refractivity contribution in [1.82, 2.24) is 10.2 Å². The summed E-state index contributed by atoms with van der Waals surface area (Å²) in [6.45, 7) is 1.22. The molecule has 1 N–H and O–H groups in total. The molecule has 132 valence electrons. The van der Waals surface area contributed by atoms with E-state index in [-0.39, 0.29) is 11.4 Å². The lowest BCUT2D eigenvalue weighted by atomic mass is 10.1. The predicted octanol–water partition coefficient (Wildman–Crippen LogP) is 3.66. The summed E-state index contributed by atoms with van der Waals surface area (Å²) in [4.78, 5) is 14.5. The number of amides is 2. The lowest BCUT2D eigenvalue weighted by Crippen LogP contribution is -2.39. The SMILES string of the molecule is COc1ccc(OC)c([C@@H]2SCCN2C(=O)NCc2ccccc2)c1. The second-order valence-electron chi connectivity index (χ2n) is 5.67. The van der Waals surface area contributed by atoms with E-state index in [9.17, 15) is 4.79 Å². The number of hydrogen-bond acceptors (Lipinski definition) is 4. The summed E-state index contributed by atoms with van der Waals surface area (Å²) in [6, 6.07) is 15.5. The molecule has 1 saturated heterocycles. The highest BCUT2D eigenvalue weighted by Gasteiger charge is 2.32. The predicted molar refractivity (Wildman–Crippen MR) is 100 cm³/mol. The van der Waals surface area contributed by atoms with Crippen LogP contribution in [0.4, 0.5) is 4.79 Å². The third-order valence-electron chi connectivity index (χ3n) is 4.14. The van der Waals surface area contributed by atoms with Crippen LogP contribution in [0.25, 0.3) is 0 Å². The van der Waals surface area contributed by atoms with E-state index in [0.717, 1.165) is 28.4 Å². The summed E-state index contributed by atoms with van der Waals surface area (Å²) in [6.07, 6.45) is 0. The van der Waals surface area contributed by atoms with E-state index < -0.39 is 0 Å². The molecule has 6 heteroatoms. The van der Waals surface area contributed by atoms with Crippen molar-refractivity contribution < 1.29 is 14.3 Å². The highest BCUT2D eigenvalue weighted by molar-refractivity contribution is 7.99. The Morgan fingerprint density at radius 1 is 1.20 bits per heavy atom. The summed E-state index contributed by atoms with van der Waals surface area (Å²) in [7, 11) is 3.28. The van der Waals surface area contributed by atoms with Crippen molar-refractivity contribution in [2.75, 3.05) is 26.5 Å². The van der Waals surface area contributed by atoms with E-state index >= 15 is 0 Å². The summed E-state index contributed by atoms with van der Waals surface area (Å²) < 4.78 is 10.8. The van der Waals surface area contributed by atoms with E-state index in [0.29, 0.717) is 13.1 Å². The van der Waals surface area contributed by atoms with Gasteiger partial charge in [-0.15, -0.1) is 11.8 Å². The van der Waals surface area contributed by atoms with Gasteiger partial charge in [-0.3, -0.25) is 0 Å². The molecular formula is C19H22N2O3S. The van der Waals surface area contributed by atoms with Crippen LogP contribution in [0.1, 0.15) is 16.5 Å². The van der Waals surface area contributed by atoms with E-state index in [1.807, 2.05) is 53.4 Å². The fraction of sp³-hybridized carbons (Fsp3) is 0.316. The van der Waals surface area contributed by atoms with E-state index in [4.69, 9.17) is 9.47 Å². The van der Waals surface area contributed by atoms with Crippen molar-refractivity contribution in [3.8, 4) is 11.5 Å². The van der Waals surface area contributed by atoms with Crippen molar-refractivity contribution in [1.29, 1.82) is 0 Å². The van der Waals surface area contributed by atoms with Gasteiger partial charge in [0.25, 0.3) is 0 Å². The highest BCUT2D eigenvalue weighted by atomic mass is 32.2. The zero-order valence-corrected chi connectivity index (χ0v) is 15.2. The Labute approximate surface area is 152 Å². The van der Waals surface area contributed by atoms with Crippen LogP contribution < -0.4 is 14.8 Å². The number of hydrogen-bond donors (Lipinski definition) is 1. The van der Waals surface area contributed by atoms with Gasteiger partial charge in [-0.2, -0.15) is 0 Å².